The molecule has 10 heteroatoms. The lowest BCUT2D eigenvalue weighted by atomic mass is 10.3. The molecular weight excluding hydrogens is 387 g/mol. The van der Waals surface area contributed by atoms with Crippen molar-refractivity contribution in [1.82, 2.24) is 14.5 Å². The van der Waals surface area contributed by atoms with Crippen LogP contribution in [0.2, 0.25) is 5.02 Å². The summed E-state index contributed by atoms with van der Waals surface area (Å²) in [5.41, 5.74) is 4.43. The molecule has 5 nitrogen and oxygen atoms in total. The molecule has 3 aromatic rings. The molecule has 3 aromatic heterocycles. The number of hydrogen-bond donors (Lipinski definition) is 1. The summed E-state index contributed by atoms with van der Waals surface area (Å²) in [6, 6.07) is 2.74. The number of halogens is 4. The van der Waals surface area contributed by atoms with E-state index in [1.807, 2.05) is 29.9 Å². The first kappa shape index (κ1) is 18.4. The second-order valence-electron chi connectivity index (χ2n) is 5.40. The summed E-state index contributed by atoms with van der Waals surface area (Å²) in [6.07, 6.45) is -0.502. The van der Waals surface area contributed by atoms with Gasteiger partial charge in [-0.2, -0.15) is 18.3 Å². The third-order valence-electron chi connectivity index (χ3n) is 3.62. The highest BCUT2D eigenvalue weighted by Crippen LogP contribution is 2.32. The number of rotatable bonds is 4. The van der Waals surface area contributed by atoms with Gasteiger partial charge in [-0.05, 0) is 26.0 Å². The van der Waals surface area contributed by atoms with Crippen LogP contribution in [0.25, 0.3) is 5.13 Å². The number of hydrogen-bond acceptors (Lipinski definition) is 5. The molecule has 0 aliphatic heterocycles. The Morgan fingerprint density at radius 2 is 2.04 bits per heavy atom. The van der Waals surface area contributed by atoms with Gasteiger partial charge in [-0.25, -0.2) is 9.97 Å². The number of nitrogens with one attached hydrogen (secondary N) is 1. The van der Waals surface area contributed by atoms with E-state index in [0.29, 0.717) is 6.20 Å². The largest absolute Gasteiger partial charge is 0.417 e. The summed E-state index contributed by atoms with van der Waals surface area (Å²) >= 11 is 7.35. The Labute approximate surface area is 156 Å². The second kappa shape index (κ2) is 7.08. The van der Waals surface area contributed by atoms with Crippen LogP contribution >= 0.6 is 22.9 Å². The van der Waals surface area contributed by atoms with Crippen molar-refractivity contribution in [2.24, 2.45) is 5.10 Å². The van der Waals surface area contributed by atoms with Crippen molar-refractivity contribution in [1.29, 1.82) is 0 Å². The van der Waals surface area contributed by atoms with Crippen LogP contribution < -0.4 is 5.43 Å². The summed E-state index contributed by atoms with van der Waals surface area (Å²) in [5.74, 6) is 0.0460. The average molecular weight is 400 g/mol. The molecule has 0 spiro atoms. The molecule has 3 heterocycles. The number of alkyl halides is 3. The lowest BCUT2D eigenvalue weighted by Gasteiger charge is -2.08. The summed E-state index contributed by atoms with van der Waals surface area (Å²) in [4.78, 5) is 7.96. The van der Waals surface area contributed by atoms with E-state index in [1.165, 1.54) is 11.3 Å². The molecule has 0 aromatic carbocycles. The molecule has 0 saturated heterocycles. The molecule has 136 valence electrons. The zero-order chi connectivity index (χ0) is 18.9. The van der Waals surface area contributed by atoms with Crippen LogP contribution in [0.5, 0.6) is 0 Å². The first-order chi connectivity index (χ1) is 12.3. The summed E-state index contributed by atoms with van der Waals surface area (Å²) in [6.45, 7) is 3.88. The van der Waals surface area contributed by atoms with Crippen LogP contribution in [-0.4, -0.2) is 20.7 Å². The van der Waals surface area contributed by atoms with Gasteiger partial charge in [0.25, 0.3) is 0 Å². The molecule has 0 amide bonds. The van der Waals surface area contributed by atoms with Gasteiger partial charge >= 0.3 is 6.18 Å². The number of anilines is 1. The van der Waals surface area contributed by atoms with Crippen molar-refractivity contribution >= 4 is 35.0 Å². The molecule has 0 atom stereocenters. The minimum absolute atomic E-state index is 0.0460. The highest BCUT2D eigenvalue weighted by Gasteiger charge is 2.31. The van der Waals surface area contributed by atoms with Gasteiger partial charge < -0.3 is 0 Å². The molecule has 0 radical (unpaired) electrons. The fraction of sp³-hybridized carbons (Fsp3) is 0.188. The summed E-state index contributed by atoms with van der Waals surface area (Å²) < 4.78 is 39.9. The van der Waals surface area contributed by atoms with Gasteiger partial charge in [-0.3, -0.25) is 9.99 Å². The smallest absolute Gasteiger partial charge is 0.294 e. The summed E-state index contributed by atoms with van der Waals surface area (Å²) in [7, 11) is 0. The number of hydrazone groups is 1. The van der Waals surface area contributed by atoms with Crippen molar-refractivity contribution in [3.63, 3.8) is 0 Å². The van der Waals surface area contributed by atoms with E-state index in [0.717, 1.165) is 28.1 Å². The van der Waals surface area contributed by atoms with Gasteiger partial charge in [0.2, 0.25) is 0 Å². The number of aryl methyl sites for hydroxylation is 1. The number of aromatic nitrogens is 3. The van der Waals surface area contributed by atoms with Crippen LogP contribution in [0.4, 0.5) is 19.0 Å². The summed E-state index contributed by atoms with van der Waals surface area (Å²) in [5, 5.41) is 6.60. The van der Waals surface area contributed by atoms with Gasteiger partial charge in [-0.15, -0.1) is 11.3 Å². The van der Waals surface area contributed by atoms with Crippen LogP contribution in [0, 0.1) is 13.8 Å². The zero-order valence-electron chi connectivity index (χ0n) is 13.7. The Bertz CT molecular complexity index is 948. The topological polar surface area (TPSA) is 55.1 Å². The molecule has 0 bridgehead atoms. The van der Waals surface area contributed by atoms with E-state index in [4.69, 9.17) is 11.6 Å². The monoisotopic (exact) mass is 399 g/mol. The first-order valence-electron chi connectivity index (χ1n) is 7.38. The Kier molecular flexibility index (Phi) is 5.01. The molecule has 1 N–H and O–H groups in total. The number of pyridine rings is 1. The van der Waals surface area contributed by atoms with E-state index in [2.05, 4.69) is 20.5 Å². The lowest BCUT2D eigenvalue weighted by molar-refractivity contribution is -0.137. The van der Waals surface area contributed by atoms with E-state index in [-0.39, 0.29) is 10.8 Å². The molecule has 0 aliphatic rings. The van der Waals surface area contributed by atoms with E-state index in [9.17, 15) is 13.2 Å². The lowest BCUT2D eigenvalue weighted by Crippen LogP contribution is -2.06. The Morgan fingerprint density at radius 1 is 1.27 bits per heavy atom. The minimum Gasteiger partial charge on any atom is -0.294 e. The van der Waals surface area contributed by atoms with Gasteiger partial charge in [0.15, 0.2) is 10.9 Å². The van der Waals surface area contributed by atoms with Gasteiger partial charge in [0.1, 0.15) is 0 Å². The number of nitrogens with zero attached hydrogens (tertiary/aromatic N) is 4. The maximum Gasteiger partial charge on any atom is 0.417 e. The van der Waals surface area contributed by atoms with Crippen molar-refractivity contribution in [3.05, 3.63) is 57.4 Å². The maximum absolute atomic E-state index is 12.6. The zero-order valence-corrected chi connectivity index (χ0v) is 15.2. The fourth-order valence-electron chi connectivity index (χ4n) is 2.38. The fourth-order valence-corrected chi connectivity index (χ4v) is 3.34. The molecule has 26 heavy (non-hydrogen) atoms. The molecule has 3 rings (SSSR count). The highest BCUT2D eigenvalue weighted by molar-refractivity contribution is 7.12. The van der Waals surface area contributed by atoms with Crippen LogP contribution in [0.15, 0.2) is 35.0 Å². The molecule has 0 aliphatic carbocycles. The van der Waals surface area contributed by atoms with Crippen molar-refractivity contribution in [2.45, 2.75) is 20.0 Å². The SMILES string of the molecule is Cc1cc(/C=N\Nc2ncc(C(F)(F)F)cc2Cl)c(C)n1-c1nccs1. The molecule has 0 saturated carbocycles. The Morgan fingerprint density at radius 3 is 2.65 bits per heavy atom. The van der Waals surface area contributed by atoms with E-state index < -0.39 is 11.7 Å². The van der Waals surface area contributed by atoms with E-state index in [1.54, 1.807) is 12.4 Å². The predicted octanol–water partition coefficient (Wildman–Crippen LogP) is 5.06. The second-order valence-corrected chi connectivity index (χ2v) is 6.68. The van der Waals surface area contributed by atoms with Crippen LogP contribution in [0.1, 0.15) is 22.5 Å². The average Bonchev–Trinajstić information content (AvgIpc) is 3.16. The van der Waals surface area contributed by atoms with Crippen LogP contribution in [-0.2, 0) is 6.18 Å². The van der Waals surface area contributed by atoms with Crippen molar-refractivity contribution in [3.8, 4) is 5.13 Å². The third kappa shape index (κ3) is 3.73. The normalized spacial score (nSPS) is 12.1. The quantitative estimate of drug-likeness (QED) is 0.492. The van der Waals surface area contributed by atoms with E-state index >= 15 is 0 Å². The van der Waals surface area contributed by atoms with Gasteiger partial charge in [-0.1, -0.05) is 11.6 Å². The van der Waals surface area contributed by atoms with Crippen molar-refractivity contribution < 1.29 is 13.2 Å². The van der Waals surface area contributed by atoms with Gasteiger partial charge in [0.05, 0.1) is 16.8 Å². The predicted molar refractivity (Wildman–Crippen MR) is 96.4 cm³/mol. The van der Waals surface area contributed by atoms with Gasteiger partial charge in [0, 0.05) is 34.7 Å². The maximum atomic E-state index is 12.6. The third-order valence-corrected chi connectivity index (χ3v) is 4.67. The minimum atomic E-state index is -4.49. The standard InChI is InChI=1S/C16H13ClF3N5S/c1-9-5-11(10(2)25(9)15-21-3-4-26-15)7-23-24-14-13(17)6-12(8-22-14)16(18,19)20/h3-8H,1-2H3,(H,22,24)/b23-7-. The molecule has 0 fully saturated rings. The molecule has 0 unspecified atom stereocenters. The van der Waals surface area contributed by atoms with Crippen molar-refractivity contribution in [2.75, 3.05) is 5.43 Å². The van der Waals surface area contributed by atoms with Crippen LogP contribution in [0.3, 0.4) is 0 Å². The number of thiazole rings is 1. The molecular formula is C16H13ClF3N5S. The Balaban J connectivity index is 1.79. The first-order valence-corrected chi connectivity index (χ1v) is 8.63. The highest BCUT2D eigenvalue weighted by atomic mass is 35.5. The Hall–Kier alpha value is -2.39.